The number of amides is 1. The molecule has 1 aromatic heterocycles. The highest BCUT2D eigenvalue weighted by Crippen LogP contribution is 2.28. The molecule has 32 heavy (non-hydrogen) atoms. The molecule has 0 bridgehead atoms. The second-order valence-electron chi connectivity index (χ2n) is 8.47. The lowest BCUT2D eigenvalue weighted by atomic mass is 10.1. The Bertz CT molecular complexity index is 1050. The Morgan fingerprint density at radius 2 is 1.91 bits per heavy atom. The maximum absolute atomic E-state index is 13.1. The van der Waals surface area contributed by atoms with Gasteiger partial charge in [-0.1, -0.05) is 18.0 Å². The summed E-state index contributed by atoms with van der Waals surface area (Å²) >= 11 is 0. The van der Waals surface area contributed by atoms with E-state index in [2.05, 4.69) is 14.8 Å². The number of sulfonamides is 1. The van der Waals surface area contributed by atoms with Gasteiger partial charge in [0.15, 0.2) is 5.76 Å². The SMILES string of the molecule is COc1ccc(C(=O)N2CCN(Cc3cc(C)no3)CC2)cc1S(=O)(=O)NC1CCCC1. The Kier molecular flexibility index (Phi) is 6.82. The quantitative estimate of drug-likeness (QED) is 0.672. The molecule has 0 unspecified atom stereocenters. The van der Waals surface area contributed by atoms with E-state index >= 15 is 0 Å². The lowest BCUT2D eigenvalue weighted by Gasteiger charge is -2.34. The van der Waals surface area contributed by atoms with Crippen molar-refractivity contribution in [3.63, 3.8) is 0 Å². The normalized spacial score (nSPS) is 18.2. The van der Waals surface area contributed by atoms with Crippen LogP contribution in [-0.2, 0) is 16.6 Å². The number of nitrogens with zero attached hydrogens (tertiary/aromatic N) is 3. The molecule has 2 heterocycles. The third-order valence-corrected chi connectivity index (χ3v) is 7.63. The standard InChI is InChI=1S/C22H30N4O5S/c1-16-13-19(31-23-16)15-25-9-11-26(12-10-25)22(27)17-7-8-20(30-2)21(14-17)32(28,29)24-18-5-3-4-6-18/h7-8,13-14,18,24H,3-6,9-12,15H2,1-2H3. The molecule has 2 fully saturated rings. The van der Waals surface area contributed by atoms with Crippen molar-refractivity contribution in [3.05, 3.63) is 41.3 Å². The fourth-order valence-corrected chi connectivity index (χ4v) is 5.85. The molecule has 1 aromatic carbocycles. The van der Waals surface area contributed by atoms with Crippen molar-refractivity contribution in [3.8, 4) is 5.75 Å². The molecule has 1 amide bonds. The van der Waals surface area contributed by atoms with Crippen LogP contribution in [-0.4, -0.2) is 68.6 Å². The van der Waals surface area contributed by atoms with Crippen LogP contribution >= 0.6 is 0 Å². The molecule has 2 aliphatic rings. The first kappa shape index (κ1) is 22.8. The minimum absolute atomic E-state index is 0.0112. The van der Waals surface area contributed by atoms with Crippen LogP contribution in [0.4, 0.5) is 0 Å². The number of aromatic nitrogens is 1. The fraction of sp³-hybridized carbons (Fsp3) is 0.545. The van der Waals surface area contributed by atoms with Crippen molar-refractivity contribution in [1.82, 2.24) is 19.7 Å². The van der Waals surface area contributed by atoms with Crippen molar-refractivity contribution in [2.45, 2.75) is 50.1 Å². The van der Waals surface area contributed by atoms with Gasteiger partial charge in [-0.25, -0.2) is 13.1 Å². The molecule has 1 aliphatic heterocycles. The number of ether oxygens (including phenoxy) is 1. The first-order valence-electron chi connectivity index (χ1n) is 11.0. The Balaban J connectivity index is 1.44. The summed E-state index contributed by atoms with van der Waals surface area (Å²) in [5.74, 6) is 0.862. The Hall–Kier alpha value is -2.43. The molecule has 1 saturated heterocycles. The third kappa shape index (κ3) is 5.13. The highest BCUT2D eigenvalue weighted by atomic mass is 32.2. The molecule has 1 aliphatic carbocycles. The van der Waals surface area contributed by atoms with E-state index in [0.717, 1.165) is 37.1 Å². The van der Waals surface area contributed by atoms with Gasteiger partial charge in [-0.2, -0.15) is 0 Å². The molecule has 2 aromatic rings. The van der Waals surface area contributed by atoms with Crippen LogP contribution in [0.1, 0.15) is 47.5 Å². The zero-order valence-electron chi connectivity index (χ0n) is 18.5. The van der Waals surface area contributed by atoms with Crippen LogP contribution in [0.15, 0.2) is 33.7 Å². The van der Waals surface area contributed by atoms with E-state index < -0.39 is 10.0 Å². The predicted molar refractivity (Wildman–Crippen MR) is 118 cm³/mol. The van der Waals surface area contributed by atoms with Crippen molar-refractivity contribution in [2.75, 3.05) is 33.3 Å². The van der Waals surface area contributed by atoms with Gasteiger partial charge in [0, 0.05) is 43.9 Å². The van der Waals surface area contributed by atoms with Crippen LogP contribution in [0.2, 0.25) is 0 Å². The smallest absolute Gasteiger partial charge is 0.253 e. The van der Waals surface area contributed by atoms with Gasteiger partial charge < -0.3 is 14.2 Å². The zero-order valence-corrected chi connectivity index (χ0v) is 19.4. The maximum atomic E-state index is 13.1. The Labute approximate surface area is 188 Å². The minimum Gasteiger partial charge on any atom is -0.495 e. The molecule has 10 heteroatoms. The lowest BCUT2D eigenvalue weighted by molar-refractivity contribution is 0.0617. The zero-order chi connectivity index (χ0) is 22.7. The van der Waals surface area contributed by atoms with E-state index in [4.69, 9.17) is 9.26 Å². The van der Waals surface area contributed by atoms with Crippen molar-refractivity contribution in [2.24, 2.45) is 0 Å². The molecule has 4 rings (SSSR count). The van der Waals surface area contributed by atoms with Crippen LogP contribution in [0.5, 0.6) is 5.75 Å². The summed E-state index contributed by atoms with van der Waals surface area (Å²) < 4.78 is 39.3. The summed E-state index contributed by atoms with van der Waals surface area (Å²) in [5.41, 5.74) is 1.19. The third-order valence-electron chi connectivity index (χ3n) is 6.09. The number of methoxy groups -OCH3 is 1. The molecule has 0 radical (unpaired) electrons. The molecular weight excluding hydrogens is 432 g/mol. The fourth-order valence-electron chi connectivity index (χ4n) is 4.35. The number of piperazine rings is 1. The molecule has 9 nitrogen and oxygen atoms in total. The van der Waals surface area contributed by atoms with Crippen LogP contribution in [0.3, 0.4) is 0 Å². The number of aryl methyl sites for hydroxylation is 1. The van der Waals surface area contributed by atoms with Gasteiger partial charge in [0.05, 0.1) is 19.3 Å². The van der Waals surface area contributed by atoms with E-state index in [1.165, 1.54) is 13.2 Å². The second-order valence-corrected chi connectivity index (χ2v) is 10.2. The molecular formula is C22H30N4O5S. The molecule has 1 N–H and O–H groups in total. The van der Waals surface area contributed by atoms with Crippen molar-refractivity contribution < 1.29 is 22.5 Å². The monoisotopic (exact) mass is 462 g/mol. The average Bonchev–Trinajstić information content (AvgIpc) is 3.44. The van der Waals surface area contributed by atoms with Gasteiger partial charge >= 0.3 is 0 Å². The Morgan fingerprint density at radius 1 is 1.19 bits per heavy atom. The molecule has 1 saturated carbocycles. The van der Waals surface area contributed by atoms with E-state index in [1.807, 2.05) is 13.0 Å². The van der Waals surface area contributed by atoms with Crippen molar-refractivity contribution in [1.29, 1.82) is 0 Å². The van der Waals surface area contributed by atoms with Crippen molar-refractivity contribution >= 4 is 15.9 Å². The number of rotatable bonds is 7. The van der Waals surface area contributed by atoms with E-state index in [9.17, 15) is 13.2 Å². The van der Waals surface area contributed by atoms with Crippen LogP contribution in [0.25, 0.3) is 0 Å². The van der Waals surface area contributed by atoms with Gasteiger partial charge in [0.1, 0.15) is 10.6 Å². The summed E-state index contributed by atoms with van der Waals surface area (Å²) in [6.45, 7) is 5.06. The number of hydrogen-bond donors (Lipinski definition) is 1. The molecule has 0 spiro atoms. The summed E-state index contributed by atoms with van der Waals surface area (Å²) in [5, 5.41) is 3.91. The predicted octanol–water partition coefficient (Wildman–Crippen LogP) is 2.17. The van der Waals surface area contributed by atoms with Crippen LogP contribution < -0.4 is 9.46 Å². The maximum Gasteiger partial charge on any atom is 0.253 e. The highest BCUT2D eigenvalue weighted by molar-refractivity contribution is 7.89. The minimum atomic E-state index is -3.78. The average molecular weight is 463 g/mol. The second kappa shape index (κ2) is 9.60. The first-order valence-corrected chi connectivity index (χ1v) is 12.5. The molecule has 174 valence electrons. The van der Waals surface area contributed by atoms with E-state index in [-0.39, 0.29) is 22.6 Å². The number of hydrogen-bond acceptors (Lipinski definition) is 7. The van der Waals surface area contributed by atoms with E-state index in [1.54, 1.807) is 17.0 Å². The summed E-state index contributed by atoms with van der Waals surface area (Å²) in [6.07, 6.45) is 3.70. The summed E-state index contributed by atoms with van der Waals surface area (Å²) in [7, 11) is -2.35. The van der Waals surface area contributed by atoms with Gasteiger partial charge in [0.25, 0.3) is 5.91 Å². The summed E-state index contributed by atoms with van der Waals surface area (Å²) in [4.78, 5) is 17.1. The van der Waals surface area contributed by atoms with E-state index in [0.29, 0.717) is 38.3 Å². The Morgan fingerprint density at radius 3 is 2.53 bits per heavy atom. The first-order chi connectivity index (χ1) is 15.4. The largest absolute Gasteiger partial charge is 0.495 e. The summed E-state index contributed by atoms with van der Waals surface area (Å²) in [6, 6.07) is 6.46. The van der Waals surface area contributed by atoms with Gasteiger partial charge in [-0.15, -0.1) is 0 Å². The topological polar surface area (TPSA) is 105 Å². The van der Waals surface area contributed by atoms with Gasteiger partial charge in [-0.05, 0) is 38.0 Å². The number of benzene rings is 1. The van der Waals surface area contributed by atoms with Crippen LogP contribution in [0, 0.1) is 6.92 Å². The number of carbonyl (C=O) groups excluding carboxylic acids is 1. The highest BCUT2D eigenvalue weighted by Gasteiger charge is 2.28. The number of carbonyl (C=O) groups is 1. The lowest BCUT2D eigenvalue weighted by Crippen LogP contribution is -2.48. The van der Waals surface area contributed by atoms with Gasteiger partial charge in [-0.3, -0.25) is 9.69 Å². The van der Waals surface area contributed by atoms with Gasteiger partial charge in [0.2, 0.25) is 10.0 Å². The molecule has 0 atom stereocenters. The number of nitrogens with one attached hydrogen (secondary N) is 1.